The van der Waals surface area contributed by atoms with Gasteiger partial charge in [-0.3, -0.25) is 4.79 Å². The van der Waals surface area contributed by atoms with E-state index in [2.05, 4.69) is 16.3 Å². The molecule has 1 fully saturated rings. The number of nitrogens with one attached hydrogen (secondary N) is 1. The van der Waals surface area contributed by atoms with Gasteiger partial charge in [0.15, 0.2) is 0 Å². The molecule has 0 bridgehead atoms. The zero-order valence-corrected chi connectivity index (χ0v) is 10.7. The van der Waals surface area contributed by atoms with Crippen molar-refractivity contribution in [3.8, 4) is 0 Å². The minimum atomic E-state index is -0.137. The van der Waals surface area contributed by atoms with Crippen molar-refractivity contribution < 1.29 is 9.53 Å². The van der Waals surface area contributed by atoms with Crippen LogP contribution in [0.15, 0.2) is 0 Å². The minimum absolute atomic E-state index is 0.137. The highest BCUT2D eigenvalue weighted by atomic mass is 32.2. The molecule has 0 aliphatic heterocycles. The summed E-state index contributed by atoms with van der Waals surface area (Å²) in [4.78, 5) is 11.0. The van der Waals surface area contributed by atoms with Crippen molar-refractivity contribution in [3.63, 3.8) is 0 Å². The number of ether oxygens (including phenoxy) is 1. The molecule has 1 atom stereocenters. The average Bonchev–Trinajstić information content (AvgIpc) is 2.16. The first kappa shape index (κ1) is 12.8. The number of methoxy groups -OCH3 is 1. The van der Waals surface area contributed by atoms with Crippen LogP contribution in [-0.2, 0) is 9.53 Å². The Hall–Kier alpha value is -0.220. The lowest BCUT2D eigenvalue weighted by Crippen LogP contribution is -2.46. The van der Waals surface area contributed by atoms with E-state index in [-0.39, 0.29) is 12.0 Å². The normalized spacial score (nSPS) is 20.5. The van der Waals surface area contributed by atoms with Crippen molar-refractivity contribution in [1.82, 2.24) is 5.32 Å². The standard InChI is InChI=1S/C11H21NO2S/c1-9(7-10(13)14-2)12-8-11(15-3)5-4-6-11/h9,12H,4-8H2,1-3H3. The molecule has 1 aliphatic rings. The summed E-state index contributed by atoms with van der Waals surface area (Å²) in [5.74, 6) is -0.137. The van der Waals surface area contributed by atoms with Crippen LogP contribution < -0.4 is 5.32 Å². The monoisotopic (exact) mass is 231 g/mol. The quantitative estimate of drug-likeness (QED) is 0.708. The Morgan fingerprint density at radius 3 is 2.67 bits per heavy atom. The lowest BCUT2D eigenvalue weighted by molar-refractivity contribution is -0.141. The second-order valence-electron chi connectivity index (χ2n) is 4.30. The Labute approximate surface area is 96.3 Å². The van der Waals surface area contributed by atoms with Gasteiger partial charge >= 0.3 is 5.97 Å². The van der Waals surface area contributed by atoms with E-state index in [0.717, 1.165) is 6.54 Å². The second-order valence-corrected chi connectivity index (χ2v) is 5.58. The fraction of sp³-hybridized carbons (Fsp3) is 0.909. The first-order valence-corrected chi connectivity index (χ1v) is 6.70. The number of rotatable bonds is 6. The first-order chi connectivity index (χ1) is 7.12. The van der Waals surface area contributed by atoms with Gasteiger partial charge in [-0.05, 0) is 26.0 Å². The number of hydrogen-bond acceptors (Lipinski definition) is 4. The van der Waals surface area contributed by atoms with Gasteiger partial charge in [-0.15, -0.1) is 0 Å². The highest BCUT2D eigenvalue weighted by Gasteiger charge is 2.35. The summed E-state index contributed by atoms with van der Waals surface area (Å²) in [5.41, 5.74) is 0. The summed E-state index contributed by atoms with van der Waals surface area (Å²) in [6.45, 7) is 3.04. The molecule has 0 spiro atoms. The van der Waals surface area contributed by atoms with Crippen molar-refractivity contribution in [2.24, 2.45) is 0 Å². The predicted molar refractivity (Wildman–Crippen MR) is 64.2 cm³/mol. The smallest absolute Gasteiger partial charge is 0.307 e. The van der Waals surface area contributed by atoms with Crippen molar-refractivity contribution in [1.29, 1.82) is 0 Å². The van der Waals surface area contributed by atoms with Crippen LogP contribution in [0.5, 0.6) is 0 Å². The molecular formula is C11H21NO2S. The number of thioether (sulfide) groups is 1. The summed E-state index contributed by atoms with van der Waals surface area (Å²) in [6.07, 6.45) is 6.57. The molecule has 0 amide bonds. The lowest BCUT2D eigenvalue weighted by Gasteiger charge is -2.41. The third-order valence-corrected chi connectivity index (χ3v) is 4.59. The Morgan fingerprint density at radius 2 is 2.27 bits per heavy atom. The van der Waals surface area contributed by atoms with Crippen LogP contribution in [-0.4, -0.2) is 36.7 Å². The topological polar surface area (TPSA) is 38.3 Å². The van der Waals surface area contributed by atoms with Gasteiger partial charge in [0.1, 0.15) is 0 Å². The zero-order valence-electron chi connectivity index (χ0n) is 9.84. The van der Waals surface area contributed by atoms with E-state index in [9.17, 15) is 4.79 Å². The van der Waals surface area contributed by atoms with Crippen LogP contribution in [0.25, 0.3) is 0 Å². The Morgan fingerprint density at radius 1 is 1.60 bits per heavy atom. The van der Waals surface area contributed by atoms with E-state index in [1.165, 1.54) is 26.4 Å². The summed E-state index contributed by atoms with van der Waals surface area (Å²) >= 11 is 1.95. The third-order valence-electron chi connectivity index (χ3n) is 3.17. The van der Waals surface area contributed by atoms with E-state index < -0.39 is 0 Å². The number of carbonyl (C=O) groups excluding carboxylic acids is 1. The average molecular weight is 231 g/mol. The SMILES string of the molecule is COC(=O)CC(C)NCC1(SC)CCC1. The van der Waals surface area contributed by atoms with E-state index in [1.807, 2.05) is 18.7 Å². The zero-order chi connectivity index (χ0) is 11.3. The van der Waals surface area contributed by atoms with Gasteiger partial charge in [0, 0.05) is 17.3 Å². The van der Waals surface area contributed by atoms with Crippen LogP contribution in [0, 0.1) is 0 Å². The van der Waals surface area contributed by atoms with Gasteiger partial charge in [0.2, 0.25) is 0 Å². The van der Waals surface area contributed by atoms with Gasteiger partial charge in [0.25, 0.3) is 0 Å². The summed E-state index contributed by atoms with van der Waals surface area (Å²) in [7, 11) is 1.43. The maximum atomic E-state index is 11.0. The molecule has 1 aliphatic carbocycles. The molecule has 0 radical (unpaired) electrons. The molecule has 0 aromatic carbocycles. The second kappa shape index (κ2) is 5.75. The molecule has 3 nitrogen and oxygen atoms in total. The molecule has 88 valence electrons. The van der Waals surface area contributed by atoms with Crippen LogP contribution in [0.1, 0.15) is 32.6 Å². The van der Waals surface area contributed by atoms with Crippen LogP contribution in [0.4, 0.5) is 0 Å². The Kier molecular flexibility index (Phi) is 4.93. The molecule has 0 aromatic heterocycles. The molecular weight excluding hydrogens is 210 g/mol. The Bertz CT molecular complexity index is 211. The van der Waals surface area contributed by atoms with Crippen molar-refractivity contribution in [2.75, 3.05) is 19.9 Å². The lowest BCUT2D eigenvalue weighted by atomic mass is 9.84. The number of carbonyl (C=O) groups is 1. The van der Waals surface area contributed by atoms with Gasteiger partial charge in [-0.1, -0.05) is 6.42 Å². The molecule has 1 saturated carbocycles. The van der Waals surface area contributed by atoms with Gasteiger partial charge in [-0.2, -0.15) is 11.8 Å². The van der Waals surface area contributed by atoms with E-state index >= 15 is 0 Å². The fourth-order valence-corrected chi connectivity index (χ4v) is 2.71. The predicted octanol–water partition coefficient (Wildman–Crippen LogP) is 1.81. The highest BCUT2D eigenvalue weighted by molar-refractivity contribution is 8.00. The van der Waals surface area contributed by atoms with Crippen LogP contribution in [0.2, 0.25) is 0 Å². The molecule has 1 rings (SSSR count). The molecule has 0 aromatic rings. The number of esters is 1. The van der Waals surface area contributed by atoms with Crippen molar-refractivity contribution in [3.05, 3.63) is 0 Å². The molecule has 1 unspecified atom stereocenters. The molecule has 4 heteroatoms. The van der Waals surface area contributed by atoms with Crippen molar-refractivity contribution >= 4 is 17.7 Å². The summed E-state index contributed by atoms with van der Waals surface area (Å²) in [6, 6.07) is 0.210. The van der Waals surface area contributed by atoms with Gasteiger partial charge in [0.05, 0.1) is 13.5 Å². The number of hydrogen-bond donors (Lipinski definition) is 1. The molecule has 1 N–H and O–H groups in total. The van der Waals surface area contributed by atoms with Crippen molar-refractivity contribution in [2.45, 2.75) is 43.4 Å². The maximum absolute atomic E-state index is 11.0. The first-order valence-electron chi connectivity index (χ1n) is 5.47. The fourth-order valence-electron chi connectivity index (χ4n) is 1.79. The van der Waals surface area contributed by atoms with E-state index in [4.69, 9.17) is 0 Å². The van der Waals surface area contributed by atoms with Gasteiger partial charge in [-0.25, -0.2) is 0 Å². The molecule has 0 saturated heterocycles. The van der Waals surface area contributed by atoms with Gasteiger partial charge < -0.3 is 10.1 Å². The third kappa shape index (κ3) is 3.68. The van der Waals surface area contributed by atoms with E-state index in [1.54, 1.807) is 0 Å². The van der Waals surface area contributed by atoms with E-state index in [0.29, 0.717) is 11.2 Å². The van der Waals surface area contributed by atoms with Crippen LogP contribution >= 0.6 is 11.8 Å². The Balaban J connectivity index is 2.21. The largest absolute Gasteiger partial charge is 0.469 e. The summed E-state index contributed by atoms with van der Waals surface area (Å²) < 4.78 is 5.07. The molecule has 0 heterocycles. The van der Waals surface area contributed by atoms with Crippen LogP contribution in [0.3, 0.4) is 0 Å². The molecule has 15 heavy (non-hydrogen) atoms. The highest BCUT2D eigenvalue weighted by Crippen LogP contribution is 2.42. The minimum Gasteiger partial charge on any atom is -0.469 e. The summed E-state index contributed by atoms with van der Waals surface area (Å²) in [5, 5.41) is 3.42. The maximum Gasteiger partial charge on any atom is 0.307 e.